The number of hydrogen-bond donors (Lipinski definition) is 1. The molecule has 1 aromatic heterocycles. The van der Waals surface area contributed by atoms with Crippen molar-refractivity contribution in [3.8, 4) is 0 Å². The molecule has 1 fully saturated rings. The molecule has 0 spiro atoms. The average Bonchev–Trinajstić information content (AvgIpc) is 3.02. The summed E-state index contributed by atoms with van der Waals surface area (Å²) in [6.07, 6.45) is 2.04. The zero-order valence-corrected chi connectivity index (χ0v) is 12.8. The highest BCUT2D eigenvalue weighted by Crippen LogP contribution is 2.22. The van der Waals surface area contributed by atoms with E-state index in [9.17, 15) is 9.59 Å². The highest BCUT2D eigenvalue weighted by atomic mass is 32.2. The average molecular weight is 300 g/mol. The van der Waals surface area contributed by atoms with Crippen molar-refractivity contribution in [1.82, 2.24) is 19.7 Å². The number of aromatic nitrogens is 3. The smallest absolute Gasteiger partial charge is 0.344 e. The molecule has 0 unspecified atom stereocenters. The fourth-order valence-corrected chi connectivity index (χ4v) is 3.13. The van der Waals surface area contributed by atoms with E-state index in [1.807, 2.05) is 6.92 Å². The van der Waals surface area contributed by atoms with Crippen LogP contribution in [0.4, 0.5) is 0 Å². The van der Waals surface area contributed by atoms with Crippen LogP contribution in [0, 0.1) is 0 Å². The summed E-state index contributed by atoms with van der Waals surface area (Å²) in [6, 6.07) is 0. The SMILES string of the molecule is C[C@H](Sc1n[nH]c(=O)n1C[C@H]1CCCO1)C(=O)N(C)C. The maximum atomic E-state index is 11.9. The first-order chi connectivity index (χ1) is 9.49. The molecule has 2 atom stereocenters. The maximum Gasteiger partial charge on any atom is 0.344 e. The van der Waals surface area contributed by atoms with Crippen molar-refractivity contribution in [1.29, 1.82) is 0 Å². The lowest BCUT2D eigenvalue weighted by molar-refractivity contribution is -0.127. The van der Waals surface area contributed by atoms with Crippen LogP contribution < -0.4 is 5.69 Å². The lowest BCUT2D eigenvalue weighted by Crippen LogP contribution is -2.30. The molecular formula is C12H20N4O3S. The number of carbonyl (C=O) groups is 1. The number of nitrogens with zero attached hydrogens (tertiary/aromatic N) is 3. The van der Waals surface area contributed by atoms with Gasteiger partial charge in [0.2, 0.25) is 5.91 Å². The number of carbonyl (C=O) groups excluding carboxylic acids is 1. The van der Waals surface area contributed by atoms with Crippen LogP contribution in [0.3, 0.4) is 0 Å². The molecule has 1 amide bonds. The minimum atomic E-state index is -0.288. The third-order valence-corrected chi connectivity index (χ3v) is 4.28. The Morgan fingerprint density at radius 1 is 1.65 bits per heavy atom. The Kier molecular flexibility index (Phi) is 4.87. The molecule has 1 aromatic rings. The van der Waals surface area contributed by atoms with Crippen LogP contribution in [-0.4, -0.2) is 57.6 Å². The fraction of sp³-hybridized carbons (Fsp3) is 0.750. The quantitative estimate of drug-likeness (QED) is 0.792. The van der Waals surface area contributed by atoms with Gasteiger partial charge in [-0.15, -0.1) is 5.10 Å². The van der Waals surface area contributed by atoms with E-state index < -0.39 is 0 Å². The minimum absolute atomic E-state index is 0.00545. The molecule has 1 saturated heterocycles. The van der Waals surface area contributed by atoms with E-state index in [1.54, 1.807) is 18.7 Å². The van der Waals surface area contributed by atoms with Crippen molar-refractivity contribution in [3.05, 3.63) is 10.5 Å². The molecule has 0 bridgehead atoms. The van der Waals surface area contributed by atoms with Crippen molar-refractivity contribution < 1.29 is 9.53 Å². The number of amides is 1. The lowest BCUT2D eigenvalue weighted by atomic mass is 10.2. The van der Waals surface area contributed by atoms with Crippen molar-refractivity contribution in [2.75, 3.05) is 20.7 Å². The summed E-state index contributed by atoms with van der Waals surface area (Å²) in [5.41, 5.74) is -0.257. The summed E-state index contributed by atoms with van der Waals surface area (Å²) in [6.45, 7) is 3.04. The predicted molar refractivity (Wildman–Crippen MR) is 75.8 cm³/mol. The first-order valence-corrected chi connectivity index (χ1v) is 7.51. The standard InChI is InChI=1S/C12H20N4O3S/c1-8(10(17)15(2)3)20-12-14-13-11(18)16(12)7-9-5-4-6-19-9/h8-9H,4-7H2,1-3H3,(H,13,18)/t8-,9+/m0/s1. The lowest BCUT2D eigenvalue weighted by Gasteiger charge is -2.16. The summed E-state index contributed by atoms with van der Waals surface area (Å²) in [5, 5.41) is 6.69. The highest BCUT2D eigenvalue weighted by Gasteiger charge is 2.23. The van der Waals surface area contributed by atoms with E-state index in [2.05, 4.69) is 10.2 Å². The predicted octanol–water partition coefficient (Wildman–Crippen LogP) is 0.319. The Morgan fingerprint density at radius 2 is 2.40 bits per heavy atom. The van der Waals surface area contributed by atoms with Crippen molar-refractivity contribution in [3.63, 3.8) is 0 Å². The van der Waals surface area contributed by atoms with Crippen molar-refractivity contribution in [2.45, 2.75) is 42.8 Å². The summed E-state index contributed by atoms with van der Waals surface area (Å²) < 4.78 is 7.10. The normalized spacial score (nSPS) is 20.1. The number of nitrogens with one attached hydrogen (secondary N) is 1. The Hall–Kier alpha value is -1.28. The molecule has 7 nitrogen and oxygen atoms in total. The Balaban J connectivity index is 2.08. The second-order valence-corrected chi connectivity index (χ2v) is 6.36. The van der Waals surface area contributed by atoms with Crippen molar-refractivity contribution in [2.24, 2.45) is 0 Å². The van der Waals surface area contributed by atoms with E-state index in [0.717, 1.165) is 19.4 Å². The number of H-pyrrole nitrogens is 1. The number of aromatic amines is 1. The Labute approximate surface area is 121 Å². The Morgan fingerprint density at radius 3 is 3.00 bits per heavy atom. The van der Waals surface area contributed by atoms with Gasteiger partial charge in [0, 0.05) is 20.7 Å². The van der Waals surface area contributed by atoms with Gasteiger partial charge in [0.1, 0.15) is 0 Å². The van der Waals surface area contributed by atoms with Gasteiger partial charge in [0.05, 0.1) is 17.9 Å². The largest absolute Gasteiger partial charge is 0.376 e. The molecule has 1 aliphatic heterocycles. The van der Waals surface area contributed by atoms with Gasteiger partial charge in [-0.3, -0.25) is 9.36 Å². The highest BCUT2D eigenvalue weighted by molar-refractivity contribution is 8.00. The van der Waals surface area contributed by atoms with Gasteiger partial charge in [-0.25, -0.2) is 9.89 Å². The molecule has 112 valence electrons. The summed E-state index contributed by atoms with van der Waals surface area (Å²) in [7, 11) is 3.42. The van der Waals surface area contributed by atoms with Crippen LogP contribution in [0.1, 0.15) is 19.8 Å². The van der Waals surface area contributed by atoms with E-state index in [0.29, 0.717) is 11.7 Å². The summed E-state index contributed by atoms with van der Waals surface area (Å²) in [4.78, 5) is 25.2. The number of ether oxygens (including phenoxy) is 1. The molecule has 8 heteroatoms. The van der Waals surface area contributed by atoms with E-state index in [1.165, 1.54) is 16.7 Å². The van der Waals surface area contributed by atoms with Gasteiger partial charge in [-0.1, -0.05) is 11.8 Å². The van der Waals surface area contributed by atoms with Gasteiger partial charge < -0.3 is 9.64 Å². The molecule has 2 rings (SSSR count). The van der Waals surface area contributed by atoms with Crippen LogP contribution in [0.25, 0.3) is 0 Å². The van der Waals surface area contributed by atoms with E-state index in [4.69, 9.17) is 4.74 Å². The topological polar surface area (TPSA) is 80.2 Å². The zero-order chi connectivity index (χ0) is 14.7. The van der Waals surface area contributed by atoms with Crippen LogP contribution in [0.5, 0.6) is 0 Å². The number of rotatable bonds is 5. The molecular weight excluding hydrogens is 280 g/mol. The molecule has 20 heavy (non-hydrogen) atoms. The molecule has 0 saturated carbocycles. The first-order valence-electron chi connectivity index (χ1n) is 6.63. The van der Waals surface area contributed by atoms with E-state index >= 15 is 0 Å². The first kappa shape index (κ1) is 15.1. The van der Waals surface area contributed by atoms with Crippen molar-refractivity contribution >= 4 is 17.7 Å². The maximum absolute atomic E-state index is 11.9. The summed E-state index contributed by atoms with van der Waals surface area (Å²) >= 11 is 1.28. The van der Waals surface area contributed by atoms with Gasteiger partial charge in [0.25, 0.3) is 0 Å². The molecule has 0 aromatic carbocycles. The number of hydrogen-bond acceptors (Lipinski definition) is 5. The third-order valence-electron chi connectivity index (χ3n) is 3.20. The van der Waals surface area contributed by atoms with E-state index in [-0.39, 0.29) is 23.0 Å². The molecule has 0 radical (unpaired) electrons. The van der Waals surface area contributed by atoms with Crippen LogP contribution >= 0.6 is 11.8 Å². The number of thioether (sulfide) groups is 1. The second-order valence-electron chi connectivity index (χ2n) is 5.05. The molecule has 1 N–H and O–H groups in total. The van der Waals surface area contributed by atoms with Crippen LogP contribution in [0.2, 0.25) is 0 Å². The van der Waals surface area contributed by atoms with Gasteiger partial charge in [-0.2, -0.15) is 0 Å². The summed E-state index contributed by atoms with van der Waals surface area (Å²) in [5.74, 6) is -0.00545. The zero-order valence-electron chi connectivity index (χ0n) is 12.0. The van der Waals surface area contributed by atoms with Crippen LogP contribution in [-0.2, 0) is 16.1 Å². The molecule has 2 heterocycles. The molecule has 0 aliphatic carbocycles. The third kappa shape index (κ3) is 3.43. The Bertz CT molecular complexity index is 519. The second kappa shape index (κ2) is 6.45. The van der Waals surface area contributed by atoms with Gasteiger partial charge in [0.15, 0.2) is 5.16 Å². The van der Waals surface area contributed by atoms with Crippen LogP contribution in [0.15, 0.2) is 9.95 Å². The molecule has 1 aliphatic rings. The fourth-order valence-electron chi connectivity index (χ4n) is 2.12. The monoisotopic (exact) mass is 300 g/mol. The van der Waals surface area contributed by atoms with Gasteiger partial charge in [-0.05, 0) is 19.8 Å². The minimum Gasteiger partial charge on any atom is -0.376 e. The van der Waals surface area contributed by atoms with Gasteiger partial charge >= 0.3 is 5.69 Å².